The van der Waals surface area contributed by atoms with Gasteiger partial charge in [-0.3, -0.25) is 14.6 Å². The van der Waals surface area contributed by atoms with E-state index < -0.39 is 18.2 Å². The summed E-state index contributed by atoms with van der Waals surface area (Å²) in [6, 6.07) is 26.6. The van der Waals surface area contributed by atoms with Crippen LogP contribution in [0.3, 0.4) is 0 Å². The normalized spacial score (nSPS) is 20.8. The van der Waals surface area contributed by atoms with Crippen LogP contribution in [0.15, 0.2) is 102 Å². The number of nitrogens with zero attached hydrogens (tertiary/aromatic N) is 6. The van der Waals surface area contributed by atoms with E-state index in [9.17, 15) is 19.5 Å². The highest BCUT2D eigenvalue weighted by atomic mass is 16.5. The molecule has 0 spiro atoms. The summed E-state index contributed by atoms with van der Waals surface area (Å²) in [6.07, 6.45) is 3.12. The largest absolute Gasteiger partial charge is 0.508 e. The average Bonchev–Trinajstić information content (AvgIpc) is 3.87. The number of phenols is 1. The van der Waals surface area contributed by atoms with Crippen molar-refractivity contribution >= 4 is 28.7 Å². The van der Waals surface area contributed by atoms with Crippen LogP contribution in [0, 0.1) is 0 Å². The molecule has 13 nitrogen and oxygen atoms in total. The average molecular weight is 701 g/mol. The Balaban J connectivity index is 1.16. The Morgan fingerprint density at radius 1 is 0.962 bits per heavy atom. The smallest absolute Gasteiger partial charge is 0.334 e. The molecule has 3 N–H and O–H groups in total. The quantitative estimate of drug-likeness (QED) is 0.207. The summed E-state index contributed by atoms with van der Waals surface area (Å²) in [4.78, 5) is 51.0. The van der Waals surface area contributed by atoms with Crippen molar-refractivity contribution < 1.29 is 24.0 Å². The summed E-state index contributed by atoms with van der Waals surface area (Å²) in [5.41, 5.74) is 4.21. The minimum atomic E-state index is -0.902. The lowest BCUT2D eigenvalue weighted by Crippen LogP contribution is -2.76. The number of carbonyl (C=O) groups excluding carboxylic acids is 3. The van der Waals surface area contributed by atoms with Crippen molar-refractivity contribution in [2.75, 3.05) is 19.6 Å². The maximum Gasteiger partial charge on any atom is 0.334 e. The molecule has 3 fully saturated rings. The van der Waals surface area contributed by atoms with Crippen molar-refractivity contribution in [1.82, 2.24) is 40.6 Å². The van der Waals surface area contributed by atoms with E-state index >= 15 is 0 Å². The minimum absolute atomic E-state index is 0.0796. The molecule has 0 aliphatic carbocycles. The number of nitrogens with one attached hydrogen (secondary N) is 2. The number of hydrazine groups is 1. The topological polar surface area (TPSA) is 147 Å². The van der Waals surface area contributed by atoms with E-state index in [0.29, 0.717) is 5.76 Å². The second-order valence-corrected chi connectivity index (χ2v) is 13.6. The van der Waals surface area contributed by atoms with E-state index in [1.54, 1.807) is 50.3 Å². The van der Waals surface area contributed by atoms with Gasteiger partial charge in [0.1, 0.15) is 23.7 Å². The molecule has 3 atom stereocenters. The van der Waals surface area contributed by atoms with Crippen molar-refractivity contribution in [2.45, 2.75) is 57.1 Å². The Labute approximate surface area is 300 Å². The Morgan fingerprint density at radius 3 is 2.62 bits per heavy atom. The predicted octanol–water partition coefficient (Wildman–Crippen LogP) is 4.10. The first-order valence-corrected chi connectivity index (χ1v) is 17.7. The molecule has 5 aromatic rings. The van der Waals surface area contributed by atoms with Crippen LogP contribution in [0.5, 0.6) is 5.75 Å². The SMILES string of the molecule is O=C1[C@H](Cc2ccc(O)cc2)N2C(=O)CN(Cc3cc(C4CCCN4)no3)N(C(=O)NCc3ccccc3)[C@H]2CN1Cc1cccc2ncccc12. The molecule has 3 aliphatic rings. The number of hydrogen-bond acceptors (Lipinski definition) is 9. The maximum absolute atomic E-state index is 14.5. The van der Waals surface area contributed by atoms with Gasteiger partial charge in [-0.15, -0.1) is 0 Å². The molecule has 1 unspecified atom stereocenters. The molecule has 13 heteroatoms. The molecular formula is C39H40N8O5. The van der Waals surface area contributed by atoms with Crippen LogP contribution in [0.4, 0.5) is 4.79 Å². The molecule has 3 aromatic carbocycles. The molecule has 52 heavy (non-hydrogen) atoms. The zero-order valence-electron chi connectivity index (χ0n) is 28.6. The van der Waals surface area contributed by atoms with Crippen LogP contribution in [0.25, 0.3) is 10.9 Å². The maximum atomic E-state index is 14.5. The summed E-state index contributed by atoms with van der Waals surface area (Å²) < 4.78 is 5.77. The Kier molecular flexibility index (Phi) is 9.27. The molecule has 0 bridgehead atoms. The zero-order chi connectivity index (χ0) is 35.6. The number of carbonyl (C=O) groups is 3. The highest BCUT2D eigenvalue weighted by molar-refractivity contribution is 5.92. The molecule has 2 aromatic heterocycles. The third kappa shape index (κ3) is 6.80. The fourth-order valence-corrected chi connectivity index (χ4v) is 7.58. The van der Waals surface area contributed by atoms with Crippen LogP contribution in [-0.2, 0) is 35.6 Å². The van der Waals surface area contributed by atoms with E-state index in [0.717, 1.165) is 52.7 Å². The minimum Gasteiger partial charge on any atom is -0.508 e. The van der Waals surface area contributed by atoms with Gasteiger partial charge in [0.05, 0.1) is 31.2 Å². The fraction of sp³-hybridized carbons (Fsp3) is 0.308. The van der Waals surface area contributed by atoms with Crippen LogP contribution < -0.4 is 10.6 Å². The molecule has 0 radical (unpaired) electrons. The van der Waals surface area contributed by atoms with Crippen molar-refractivity contribution in [1.29, 1.82) is 0 Å². The number of fused-ring (bicyclic) bond motifs is 2. The molecule has 4 amide bonds. The van der Waals surface area contributed by atoms with Gasteiger partial charge in [0, 0.05) is 37.2 Å². The monoisotopic (exact) mass is 700 g/mol. The third-order valence-electron chi connectivity index (χ3n) is 10.1. The first kappa shape index (κ1) is 33.4. The molecule has 8 rings (SSSR count). The number of aromatic nitrogens is 2. The summed E-state index contributed by atoms with van der Waals surface area (Å²) in [6.45, 7) is 1.49. The van der Waals surface area contributed by atoms with E-state index in [1.165, 1.54) is 0 Å². The van der Waals surface area contributed by atoms with Crippen LogP contribution >= 0.6 is 0 Å². The second kappa shape index (κ2) is 14.4. The van der Waals surface area contributed by atoms with Gasteiger partial charge in [-0.25, -0.2) is 9.80 Å². The van der Waals surface area contributed by atoms with Gasteiger partial charge in [-0.1, -0.05) is 65.8 Å². The highest BCUT2D eigenvalue weighted by Crippen LogP contribution is 2.32. The van der Waals surface area contributed by atoms with E-state index in [1.807, 2.05) is 66.7 Å². The van der Waals surface area contributed by atoms with Gasteiger partial charge in [0.25, 0.3) is 0 Å². The summed E-state index contributed by atoms with van der Waals surface area (Å²) in [7, 11) is 0. The van der Waals surface area contributed by atoms with Gasteiger partial charge >= 0.3 is 6.03 Å². The Bertz CT molecular complexity index is 2060. The van der Waals surface area contributed by atoms with Gasteiger partial charge in [0.2, 0.25) is 11.8 Å². The lowest BCUT2D eigenvalue weighted by atomic mass is 9.98. The zero-order valence-corrected chi connectivity index (χ0v) is 28.6. The number of pyridine rings is 1. The summed E-state index contributed by atoms with van der Waals surface area (Å²) in [5, 5.41) is 25.0. The first-order chi connectivity index (χ1) is 25.4. The van der Waals surface area contributed by atoms with Crippen LogP contribution in [-0.4, -0.2) is 84.8 Å². The van der Waals surface area contributed by atoms with Crippen LogP contribution in [0.1, 0.15) is 47.0 Å². The van der Waals surface area contributed by atoms with Gasteiger partial charge in [0.15, 0.2) is 5.76 Å². The van der Waals surface area contributed by atoms with Crippen molar-refractivity contribution in [3.8, 4) is 5.75 Å². The number of rotatable bonds is 9. The van der Waals surface area contributed by atoms with E-state index in [-0.39, 0.29) is 62.8 Å². The molecular weight excluding hydrogens is 660 g/mol. The second-order valence-electron chi connectivity index (χ2n) is 13.6. The van der Waals surface area contributed by atoms with E-state index in [4.69, 9.17) is 4.52 Å². The molecule has 5 heterocycles. The number of benzene rings is 3. The summed E-state index contributed by atoms with van der Waals surface area (Å²) >= 11 is 0. The number of urea groups is 1. The highest BCUT2D eigenvalue weighted by Gasteiger charge is 2.51. The molecule has 0 saturated carbocycles. The molecule has 3 saturated heterocycles. The number of phenolic OH excluding ortho intramolecular Hbond substituents is 1. The first-order valence-electron chi connectivity index (χ1n) is 17.7. The van der Waals surface area contributed by atoms with Gasteiger partial charge in [-0.2, -0.15) is 5.01 Å². The van der Waals surface area contributed by atoms with Crippen LogP contribution in [0.2, 0.25) is 0 Å². The predicted molar refractivity (Wildman–Crippen MR) is 191 cm³/mol. The molecule has 3 aliphatic heterocycles. The summed E-state index contributed by atoms with van der Waals surface area (Å²) in [5.74, 6) is 0.132. The van der Waals surface area contributed by atoms with E-state index in [2.05, 4.69) is 20.8 Å². The van der Waals surface area contributed by atoms with Gasteiger partial charge in [-0.05, 0) is 60.3 Å². The van der Waals surface area contributed by atoms with Crippen molar-refractivity contribution in [3.05, 3.63) is 125 Å². The van der Waals surface area contributed by atoms with Crippen molar-refractivity contribution in [3.63, 3.8) is 0 Å². The third-order valence-corrected chi connectivity index (χ3v) is 10.1. The van der Waals surface area contributed by atoms with Gasteiger partial charge < -0.3 is 30.1 Å². The Morgan fingerprint density at radius 2 is 1.81 bits per heavy atom. The fourth-order valence-electron chi connectivity index (χ4n) is 7.58. The number of aromatic hydroxyl groups is 1. The van der Waals surface area contributed by atoms with Crippen molar-refractivity contribution in [2.24, 2.45) is 0 Å². The molecule has 266 valence electrons. The number of piperazine rings is 1. The number of amides is 4. The lowest BCUT2D eigenvalue weighted by Gasteiger charge is -2.55. The Hall–Kier alpha value is -5.79. The standard InChI is InChI=1S/C39H40N8O5/c48-29-15-13-26(14-16-29)19-35-38(50)44(22-28-9-4-11-32-31(28)10-5-17-40-32)24-36-46(35)37(49)25-45(23-30-20-34(43-52-30)33-12-6-18-41-33)47(36)39(51)42-21-27-7-2-1-3-8-27/h1-5,7-11,13-17,20,33,35-36,41,48H,6,12,18-19,21-25H2,(H,42,51)/t33?,35-,36-/m0/s1. The number of hydrogen-bond donors (Lipinski definition) is 3. The lowest BCUT2D eigenvalue weighted by molar-refractivity contribution is -0.193.